The molecule has 0 aliphatic carbocycles. The van der Waals surface area contributed by atoms with Gasteiger partial charge in [-0.2, -0.15) is 0 Å². The third kappa shape index (κ3) is 3.01. The van der Waals surface area contributed by atoms with Crippen molar-refractivity contribution >= 4 is 50.1 Å². The monoisotopic (exact) mass is 458 g/mol. The zero-order valence-electron chi connectivity index (χ0n) is 17.7. The molecule has 1 fully saturated rings. The van der Waals surface area contributed by atoms with Crippen LogP contribution >= 0.6 is 15.9 Å². The molecule has 0 saturated carbocycles. The Bertz CT molecular complexity index is 1260. The van der Waals surface area contributed by atoms with E-state index in [0.29, 0.717) is 0 Å². The van der Waals surface area contributed by atoms with Crippen molar-refractivity contribution in [2.45, 2.75) is 38.9 Å². The molecular weight excluding hydrogens is 435 g/mol. The van der Waals surface area contributed by atoms with Crippen LogP contribution in [0.3, 0.4) is 0 Å². The molecule has 1 saturated heterocycles. The first-order valence-corrected chi connectivity index (χ1v) is 11.1. The van der Waals surface area contributed by atoms with Crippen molar-refractivity contribution in [1.82, 2.24) is 0 Å². The molecule has 1 aliphatic heterocycles. The number of benzene rings is 4. The van der Waals surface area contributed by atoms with Crippen molar-refractivity contribution in [2.75, 3.05) is 0 Å². The average molecular weight is 459 g/mol. The molecule has 4 heteroatoms. The van der Waals surface area contributed by atoms with Crippen LogP contribution in [0.25, 0.3) is 32.7 Å². The molecular formula is C26H24BBrO2. The summed E-state index contributed by atoms with van der Waals surface area (Å²) >= 11 is 3.85. The van der Waals surface area contributed by atoms with Crippen LogP contribution in [0, 0.1) is 0 Å². The zero-order valence-corrected chi connectivity index (χ0v) is 19.3. The normalized spacial score (nSPS) is 17.7. The molecule has 0 atom stereocenters. The van der Waals surface area contributed by atoms with Gasteiger partial charge in [0.1, 0.15) is 0 Å². The van der Waals surface area contributed by atoms with Gasteiger partial charge >= 0.3 is 7.12 Å². The highest BCUT2D eigenvalue weighted by Crippen LogP contribution is 2.41. The average Bonchev–Trinajstić information content (AvgIpc) is 2.94. The molecule has 0 aromatic heterocycles. The predicted molar refractivity (Wildman–Crippen MR) is 130 cm³/mol. The van der Waals surface area contributed by atoms with Gasteiger partial charge in [0.2, 0.25) is 0 Å². The summed E-state index contributed by atoms with van der Waals surface area (Å²) in [4.78, 5) is 0. The van der Waals surface area contributed by atoms with Gasteiger partial charge in [-0.3, -0.25) is 0 Å². The topological polar surface area (TPSA) is 18.5 Å². The number of hydrogen-bond acceptors (Lipinski definition) is 2. The highest BCUT2D eigenvalue weighted by atomic mass is 79.9. The summed E-state index contributed by atoms with van der Waals surface area (Å²) in [6.45, 7) is 8.40. The van der Waals surface area contributed by atoms with Gasteiger partial charge in [0, 0.05) is 10.0 Å². The highest BCUT2D eigenvalue weighted by Gasteiger charge is 2.52. The Balaban J connectivity index is 1.85. The molecule has 4 aromatic carbocycles. The van der Waals surface area contributed by atoms with E-state index in [0.717, 1.165) is 15.5 Å². The van der Waals surface area contributed by atoms with Crippen molar-refractivity contribution in [1.29, 1.82) is 0 Å². The van der Waals surface area contributed by atoms with Crippen LogP contribution in [0.1, 0.15) is 27.7 Å². The quantitative estimate of drug-likeness (QED) is 0.310. The second kappa shape index (κ2) is 6.95. The van der Waals surface area contributed by atoms with Crippen molar-refractivity contribution in [3.63, 3.8) is 0 Å². The van der Waals surface area contributed by atoms with E-state index in [1.54, 1.807) is 0 Å². The van der Waals surface area contributed by atoms with E-state index in [2.05, 4.69) is 116 Å². The Morgan fingerprint density at radius 1 is 0.633 bits per heavy atom. The third-order valence-corrected chi connectivity index (χ3v) is 7.26. The molecule has 0 radical (unpaired) electrons. The molecule has 0 spiro atoms. The molecule has 0 unspecified atom stereocenters. The van der Waals surface area contributed by atoms with Gasteiger partial charge < -0.3 is 9.31 Å². The van der Waals surface area contributed by atoms with E-state index in [1.165, 1.54) is 27.1 Å². The lowest BCUT2D eigenvalue weighted by Crippen LogP contribution is -2.41. The molecule has 4 aromatic rings. The molecule has 0 amide bonds. The summed E-state index contributed by atoms with van der Waals surface area (Å²) in [6.07, 6.45) is 0. The van der Waals surface area contributed by atoms with Crippen LogP contribution in [-0.2, 0) is 9.31 Å². The Morgan fingerprint density at radius 2 is 1.13 bits per heavy atom. The van der Waals surface area contributed by atoms with Gasteiger partial charge in [0.05, 0.1) is 11.2 Å². The minimum Gasteiger partial charge on any atom is -0.399 e. The zero-order chi connectivity index (χ0) is 21.1. The van der Waals surface area contributed by atoms with Gasteiger partial charge in [0.15, 0.2) is 0 Å². The first-order chi connectivity index (χ1) is 14.3. The SMILES string of the molecule is CC1(C)OB(c2ccc3ccccc3c2-c2c(Br)ccc3ccccc23)OC1(C)C. The Morgan fingerprint density at radius 3 is 1.73 bits per heavy atom. The number of fused-ring (bicyclic) bond motifs is 2. The van der Waals surface area contributed by atoms with E-state index < -0.39 is 18.3 Å². The second-order valence-electron chi connectivity index (χ2n) is 8.98. The minimum atomic E-state index is -0.430. The first kappa shape index (κ1) is 19.8. The third-order valence-electron chi connectivity index (χ3n) is 6.60. The lowest BCUT2D eigenvalue weighted by Gasteiger charge is -2.32. The lowest BCUT2D eigenvalue weighted by molar-refractivity contribution is 0.00578. The van der Waals surface area contributed by atoms with E-state index in [9.17, 15) is 0 Å². The fourth-order valence-corrected chi connectivity index (χ4v) is 4.78. The maximum Gasteiger partial charge on any atom is 0.495 e. The van der Waals surface area contributed by atoms with Crippen LogP contribution in [0.2, 0.25) is 0 Å². The maximum atomic E-state index is 6.48. The van der Waals surface area contributed by atoms with Gasteiger partial charge in [0.25, 0.3) is 0 Å². The highest BCUT2D eigenvalue weighted by molar-refractivity contribution is 9.10. The van der Waals surface area contributed by atoms with Crippen molar-refractivity contribution < 1.29 is 9.31 Å². The molecule has 1 aliphatic rings. The number of hydrogen-bond donors (Lipinski definition) is 0. The maximum absolute atomic E-state index is 6.48. The first-order valence-electron chi connectivity index (χ1n) is 10.3. The van der Waals surface area contributed by atoms with Crippen molar-refractivity contribution in [3.05, 3.63) is 77.3 Å². The van der Waals surface area contributed by atoms with Crippen LogP contribution in [0.4, 0.5) is 0 Å². The Kier molecular flexibility index (Phi) is 4.59. The van der Waals surface area contributed by atoms with Gasteiger partial charge in [-0.15, -0.1) is 0 Å². The summed E-state index contributed by atoms with van der Waals surface area (Å²) < 4.78 is 14.0. The summed E-state index contributed by atoms with van der Waals surface area (Å²) in [5.74, 6) is 0. The van der Waals surface area contributed by atoms with E-state index in [4.69, 9.17) is 9.31 Å². The van der Waals surface area contributed by atoms with Gasteiger partial charge in [-0.1, -0.05) is 82.7 Å². The Hall–Kier alpha value is -2.14. The van der Waals surface area contributed by atoms with Crippen LogP contribution in [0.5, 0.6) is 0 Å². The molecule has 0 bridgehead atoms. The molecule has 2 nitrogen and oxygen atoms in total. The van der Waals surface area contributed by atoms with Crippen LogP contribution in [0.15, 0.2) is 77.3 Å². The number of rotatable bonds is 2. The fraction of sp³-hybridized carbons (Fsp3) is 0.231. The predicted octanol–water partition coefficient (Wildman–Crippen LogP) is 6.72. The smallest absolute Gasteiger partial charge is 0.399 e. The largest absolute Gasteiger partial charge is 0.495 e. The molecule has 0 N–H and O–H groups in total. The fourth-order valence-electron chi connectivity index (χ4n) is 4.23. The molecule has 5 rings (SSSR count). The van der Waals surface area contributed by atoms with E-state index in [1.807, 2.05) is 0 Å². The van der Waals surface area contributed by atoms with E-state index in [-0.39, 0.29) is 0 Å². The van der Waals surface area contributed by atoms with Crippen LogP contribution in [-0.4, -0.2) is 18.3 Å². The van der Waals surface area contributed by atoms with Crippen LogP contribution < -0.4 is 5.46 Å². The molecule has 150 valence electrons. The Labute approximate surface area is 186 Å². The second-order valence-corrected chi connectivity index (χ2v) is 9.84. The van der Waals surface area contributed by atoms with E-state index >= 15 is 0 Å². The lowest BCUT2D eigenvalue weighted by atomic mass is 9.72. The van der Waals surface area contributed by atoms with Crippen molar-refractivity contribution in [2.24, 2.45) is 0 Å². The summed E-state index contributed by atoms with van der Waals surface area (Å²) in [5.41, 5.74) is 2.61. The number of halogens is 1. The summed E-state index contributed by atoms with van der Waals surface area (Å²) in [7, 11) is -0.430. The standard InChI is InChI=1S/C26H24BBrO2/c1-25(2)26(3,4)30-27(29-25)21-15-13-17-9-5-7-11-19(17)23(21)24-20-12-8-6-10-18(20)14-16-22(24)28/h5-16H,1-4H3. The molecule has 30 heavy (non-hydrogen) atoms. The summed E-state index contributed by atoms with van der Waals surface area (Å²) in [6, 6.07) is 25.7. The molecule has 1 heterocycles. The van der Waals surface area contributed by atoms with Gasteiger partial charge in [-0.25, -0.2) is 0 Å². The van der Waals surface area contributed by atoms with Gasteiger partial charge in [-0.05, 0) is 66.3 Å². The summed E-state index contributed by atoms with van der Waals surface area (Å²) in [5, 5.41) is 4.82. The minimum absolute atomic E-state index is 0.392. The van der Waals surface area contributed by atoms with Crippen molar-refractivity contribution in [3.8, 4) is 11.1 Å².